The number of rotatable bonds is 3. The summed E-state index contributed by atoms with van der Waals surface area (Å²) in [4.78, 5) is 12.2. The molecule has 0 bridgehead atoms. The van der Waals surface area contributed by atoms with E-state index in [4.69, 9.17) is 4.74 Å². The van der Waals surface area contributed by atoms with Gasteiger partial charge in [-0.1, -0.05) is 19.4 Å². The molecule has 0 spiro atoms. The summed E-state index contributed by atoms with van der Waals surface area (Å²) in [5.74, 6) is 2.63. The largest absolute Gasteiger partial charge is 0.393 e. The first-order chi connectivity index (χ1) is 11.9. The van der Waals surface area contributed by atoms with Gasteiger partial charge in [-0.15, -0.1) is 0 Å². The molecule has 0 unspecified atom stereocenters. The third-order valence-electron chi connectivity index (χ3n) is 8.66. The highest BCUT2D eigenvalue weighted by molar-refractivity contribution is 5.92. The van der Waals surface area contributed by atoms with Gasteiger partial charge in [0.15, 0.2) is 5.78 Å². The van der Waals surface area contributed by atoms with Crippen LogP contribution >= 0.6 is 0 Å². The van der Waals surface area contributed by atoms with E-state index in [2.05, 4.69) is 20.8 Å². The number of ketones is 1. The van der Waals surface area contributed by atoms with Gasteiger partial charge in [0.05, 0.1) is 12.7 Å². The molecule has 3 nitrogen and oxygen atoms in total. The van der Waals surface area contributed by atoms with Crippen LogP contribution in [-0.4, -0.2) is 30.2 Å². The molecule has 7 atom stereocenters. The van der Waals surface area contributed by atoms with E-state index < -0.39 is 0 Å². The molecule has 3 heteroatoms. The second kappa shape index (κ2) is 6.20. The molecule has 0 saturated heterocycles. The molecule has 0 heterocycles. The highest BCUT2D eigenvalue weighted by Gasteiger charge is 2.61. The number of aliphatic hydroxyl groups excluding tert-OH is 1. The van der Waals surface area contributed by atoms with Crippen molar-refractivity contribution in [3.8, 4) is 0 Å². The van der Waals surface area contributed by atoms with Crippen LogP contribution in [0.15, 0.2) is 11.6 Å². The quantitative estimate of drug-likeness (QED) is 0.835. The molecule has 4 aliphatic carbocycles. The van der Waals surface area contributed by atoms with Gasteiger partial charge in [-0.2, -0.15) is 0 Å². The summed E-state index contributed by atoms with van der Waals surface area (Å²) < 4.78 is 6.04. The Kier molecular flexibility index (Phi) is 4.39. The molecular formula is C22H34O3. The van der Waals surface area contributed by atoms with Crippen LogP contribution in [-0.2, 0) is 9.53 Å². The van der Waals surface area contributed by atoms with E-state index >= 15 is 0 Å². The Morgan fingerprint density at radius 3 is 2.80 bits per heavy atom. The zero-order valence-electron chi connectivity index (χ0n) is 16.1. The van der Waals surface area contributed by atoms with Gasteiger partial charge in [0.2, 0.25) is 0 Å². The van der Waals surface area contributed by atoms with Gasteiger partial charge < -0.3 is 9.84 Å². The van der Waals surface area contributed by atoms with E-state index in [1.165, 1.54) is 24.8 Å². The van der Waals surface area contributed by atoms with Crippen molar-refractivity contribution in [2.45, 2.75) is 71.8 Å². The van der Waals surface area contributed by atoms with Crippen molar-refractivity contribution in [2.24, 2.45) is 34.5 Å². The maximum atomic E-state index is 12.2. The lowest BCUT2D eigenvalue weighted by Crippen LogP contribution is -2.56. The van der Waals surface area contributed by atoms with Crippen molar-refractivity contribution in [3.05, 3.63) is 11.6 Å². The first-order valence-corrected chi connectivity index (χ1v) is 10.4. The van der Waals surface area contributed by atoms with E-state index in [9.17, 15) is 9.90 Å². The summed E-state index contributed by atoms with van der Waals surface area (Å²) in [6.07, 6.45) is 9.22. The summed E-state index contributed by atoms with van der Waals surface area (Å²) >= 11 is 0. The van der Waals surface area contributed by atoms with Crippen LogP contribution in [0.25, 0.3) is 0 Å². The Bertz CT molecular complexity index is 582. The second-order valence-corrected chi connectivity index (χ2v) is 9.47. The maximum absolute atomic E-state index is 12.2. The second-order valence-electron chi connectivity index (χ2n) is 9.47. The molecule has 0 amide bonds. The number of carbonyl (C=O) groups excluding carboxylic acids is 1. The third kappa shape index (κ3) is 2.41. The predicted octanol–water partition coefficient (Wildman–Crippen LogP) is 4.14. The van der Waals surface area contributed by atoms with Crippen molar-refractivity contribution in [1.82, 2.24) is 0 Å². The van der Waals surface area contributed by atoms with Gasteiger partial charge in [-0.05, 0) is 80.6 Å². The Balaban J connectivity index is 1.73. The molecular weight excluding hydrogens is 312 g/mol. The van der Waals surface area contributed by atoms with Gasteiger partial charge in [-0.3, -0.25) is 4.79 Å². The fraction of sp³-hybridized carbons (Fsp3) is 0.864. The molecule has 3 fully saturated rings. The fourth-order valence-corrected chi connectivity index (χ4v) is 7.33. The SMILES string of the molecule is CCOC[C@@]12C(=CC(=O)C[C@@H]1C)CC[C@H]1[C@@H]3CC[C@H](O)[C@@]3(C)CC[C@@H]12. The highest BCUT2D eigenvalue weighted by atomic mass is 16.5. The molecule has 1 N–H and O–H groups in total. The molecule has 4 aliphatic rings. The molecule has 3 saturated carbocycles. The van der Waals surface area contributed by atoms with Gasteiger partial charge in [0.1, 0.15) is 0 Å². The summed E-state index contributed by atoms with van der Waals surface area (Å²) in [6.45, 7) is 8.21. The van der Waals surface area contributed by atoms with Crippen LogP contribution in [0.4, 0.5) is 0 Å². The van der Waals surface area contributed by atoms with Gasteiger partial charge in [-0.25, -0.2) is 0 Å². The lowest BCUT2D eigenvalue weighted by atomic mass is 9.45. The summed E-state index contributed by atoms with van der Waals surface area (Å²) in [7, 11) is 0. The molecule has 0 aromatic carbocycles. The van der Waals surface area contributed by atoms with Gasteiger partial charge in [0.25, 0.3) is 0 Å². The smallest absolute Gasteiger partial charge is 0.155 e. The van der Waals surface area contributed by atoms with Crippen LogP contribution in [0.2, 0.25) is 0 Å². The summed E-state index contributed by atoms with van der Waals surface area (Å²) in [5.41, 5.74) is 1.55. The first-order valence-electron chi connectivity index (χ1n) is 10.4. The molecule has 25 heavy (non-hydrogen) atoms. The predicted molar refractivity (Wildman–Crippen MR) is 98.1 cm³/mol. The van der Waals surface area contributed by atoms with E-state index in [1.54, 1.807) is 0 Å². The van der Waals surface area contributed by atoms with E-state index in [1.807, 2.05) is 6.08 Å². The monoisotopic (exact) mass is 346 g/mol. The van der Waals surface area contributed by atoms with Gasteiger partial charge >= 0.3 is 0 Å². The Morgan fingerprint density at radius 2 is 2.04 bits per heavy atom. The topological polar surface area (TPSA) is 46.5 Å². The van der Waals surface area contributed by atoms with Crippen molar-refractivity contribution < 1.29 is 14.6 Å². The number of aliphatic hydroxyl groups is 1. The van der Waals surface area contributed by atoms with Crippen LogP contribution in [0.5, 0.6) is 0 Å². The summed E-state index contributed by atoms with van der Waals surface area (Å²) in [6, 6.07) is 0. The normalized spacial score (nSPS) is 49.2. The van der Waals surface area contributed by atoms with Crippen LogP contribution in [0.3, 0.4) is 0 Å². The van der Waals surface area contributed by atoms with Crippen molar-refractivity contribution in [1.29, 1.82) is 0 Å². The lowest BCUT2D eigenvalue weighted by molar-refractivity contribution is -0.129. The summed E-state index contributed by atoms with van der Waals surface area (Å²) in [5, 5.41) is 10.6. The van der Waals surface area contributed by atoms with Crippen molar-refractivity contribution in [3.63, 3.8) is 0 Å². The number of carbonyl (C=O) groups is 1. The van der Waals surface area contributed by atoms with Crippen molar-refractivity contribution >= 4 is 5.78 Å². The molecule has 0 aromatic rings. The van der Waals surface area contributed by atoms with Gasteiger partial charge in [0, 0.05) is 18.4 Å². The maximum Gasteiger partial charge on any atom is 0.155 e. The minimum Gasteiger partial charge on any atom is -0.393 e. The molecule has 4 rings (SSSR count). The van der Waals surface area contributed by atoms with E-state index in [0.29, 0.717) is 35.9 Å². The Hall–Kier alpha value is -0.670. The lowest BCUT2D eigenvalue weighted by Gasteiger charge is -2.60. The van der Waals surface area contributed by atoms with Crippen LogP contribution in [0, 0.1) is 34.5 Å². The number of hydrogen-bond donors (Lipinski definition) is 1. The average molecular weight is 347 g/mol. The minimum absolute atomic E-state index is 0.0573. The Labute approximate surface area is 152 Å². The first kappa shape index (κ1) is 17.7. The number of hydrogen-bond acceptors (Lipinski definition) is 3. The molecule has 0 aliphatic heterocycles. The van der Waals surface area contributed by atoms with E-state index in [-0.39, 0.29) is 16.9 Å². The Morgan fingerprint density at radius 1 is 1.24 bits per heavy atom. The molecule has 0 aromatic heterocycles. The molecule has 0 radical (unpaired) electrons. The van der Waals surface area contributed by atoms with E-state index in [0.717, 1.165) is 32.5 Å². The zero-order chi connectivity index (χ0) is 17.8. The highest BCUT2D eigenvalue weighted by Crippen LogP contribution is 2.66. The zero-order valence-corrected chi connectivity index (χ0v) is 16.1. The van der Waals surface area contributed by atoms with Crippen LogP contribution in [0.1, 0.15) is 65.7 Å². The number of fused-ring (bicyclic) bond motifs is 5. The molecule has 140 valence electrons. The fourth-order valence-electron chi connectivity index (χ4n) is 7.33. The van der Waals surface area contributed by atoms with Crippen molar-refractivity contribution in [2.75, 3.05) is 13.2 Å². The number of ether oxygens (including phenoxy) is 1. The average Bonchev–Trinajstić information content (AvgIpc) is 2.88. The van der Waals surface area contributed by atoms with Crippen LogP contribution < -0.4 is 0 Å². The minimum atomic E-state index is -0.122. The third-order valence-corrected chi connectivity index (χ3v) is 8.66. The standard InChI is InChI=1S/C22H34O3/c1-4-25-13-22-14(2)11-16(23)12-15(22)5-6-17-18-7-8-20(24)21(18,3)10-9-19(17)22/h12,14,17-20,24H,4-11,13H2,1-3H3/t14-,17-,18-,19-,20-,21-,22-/m0/s1.